The number of halogens is 1. The lowest BCUT2D eigenvalue weighted by Gasteiger charge is -2.14. The van der Waals surface area contributed by atoms with Crippen LogP contribution in [0.5, 0.6) is 0 Å². The number of fused-ring (bicyclic) bond motifs is 1. The number of amides is 1. The second-order valence-corrected chi connectivity index (χ2v) is 8.48. The quantitative estimate of drug-likeness (QED) is 0.307. The first-order valence-corrected chi connectivity index (χ1v) is 10.6. The van der Waals surface area contributed by atoms with Crippen molar-refractivity contribution in [3.63, 3.8) is 0 Å². The van der Waals surface area contributed by atoms with Crippen molar-refractivity contribution in [1.82, 2.24) is 9.99 Å². The number of nitrogens with one attached hydrogen (secondary N) is 1. The highest BCUT2D eigenvalue weighted by Crippen LogP contribution is 2.24. The predicted octanol–water partition coefficient (Wildman–Crippen LogP) is 5.43. The average Bonchev–Trinajstić information content (AvgIpc) is 3.28. The second-order valence-electron chi connectivity index (χ2n) is 7.56. The minimum absolute atomic E-state index is 0.219. The number of hydrazone groups is 1. The van der Waals surface area contributed by atoms with Crippen LogP contribution in [0.1, 0.15) is 27.5 Å². The van der Waals surface area contributed by atoms with Gasteiger partial charge in [0.25, 0.3) is 0 Å². The maximum Gasteiger partial charge on any atom is 0.307 e. The highest BCUT2D eigenvalue weighted by Gasteiger charge is 2.13. The zero-order chi connectivity index (χ0) is 22.1. The van der Waals surface area contributed by atoms with Gasteiger partial charge in [-0.1, -0.05) is 15.9 Å². The van der Waals surface area contributed by atoms with Crippen molar-refractivity contribution < 1.29 is 9.21 Å². The van der Waals surface area contributed by atoms with Gasteiger partial charge in [0, 0.05) is 52.3 Å². The lowest BCUT2D eigenvalue weighted by atomic mass is 10.2. The number of furan rings is 1. The van der Waals surface area contributed by atoms with Gasteiger partial charge in [0.1, 0.15) is 5.58 Å². The fourth-order valence-electron chi connectivity index (χ4n) is 3.56. The Morgan fingerprint density at radius 2 is 1.84 bits per heavy atom. The van der Waals surface area contributed by atoms with Gasteiger partial charge >= 0.3 is 5.91 Å². The van der Waals surface area contributed by atoms with E-state index >= 15 is 0 Å². The van der Waals surface area contributed by atoms with Crippen molar-refractivity contribution in [2.24, 2.45) is 5.10 Å². The van der Waals surface area contributed by atoms with E-state index in [2.05, 4.69) is 67.1 Å². The van der Waals surface area contributed by atoms with E-state index in [9.17, 15) is 4.79 Å². The molecule has 2 aromatic heterocycles. The Bertz CT molecular complexity index is 1280. The minimum atomic E-state index is -0.392. The zero-order valence-electron chi connectivity index (χ0n) is 17.8. The van der Waals surface area contributed by atoms with E-state index in [1.54, 1.807) is 12.3 Å². The molecule has 0 aliphatic rings. The summed E-state index contributed by atoms with van der Waals surface area (Å²) in [6, 6.07) is 17.7. The van der Waals surface area contributed by atoms with Gasteiger partial charge in [-0.15, -0.1) is 0 Å². The molecule has 4 rings (SSSR count). The van der Waals surface area contributed by atoms with Gasteiger partial charge in [-0.3, -0.25) is 4.79 Å². The second kappa shape index (κ2) is 8.43. The van der Waals surface area contributed by atoms with Crippen LogP contribution in [0, 0.1) is 13.8 Å². The lowest BCUT2D eigenvalue weighted by molar-refractivity contribution is 0.0929. The first-order valence-electron chi connectivity index (χ1n) is 9.82. The smallest absolute Gasteiger partial charge is 0.307 e. The summed E-state index contributed by atoms with van der Waals surface area (Å²) < 4.78 is 8.70. The monoisotopic (exact) mass is 478 g/mol. The normalized spacial score (nSPS) is 11.4. The highest BCUT2D eigenvalue weighted by atomic mass is 79.9. The van der Waals surface area contributed by atoms with Crippen molar-refractivity contribution >= 4 is 44.7 Å². The highest BCUT2D eigenvalue weighted by molar-refractivity contribution is 9.10. The topological polar surface area (TPSA) is 62.8 Å². The fourth-order valence-corrected chi connectivity index (χ4v) is 3.94. The van der Waals surface area contributed by atoms with Crippen LogP contribution >= 0.6 is 15.9 Å². The third-order valence-corrected chi connectivity index (χ3v) is 5.66. The summed E-state index contributed by atoms with van der Waals surface area (Å²) in [6.45, 7) is 4.09. The molecule has 0 saturated heterocycles. The number of hydrogen-bond donors (Lipinski definition) is 1. The molecule has 31 heavy (non-hydrogen) atoms. The maximum atomic E-state index is 12.4. The van der Waals surface area contributed by atoms with Crippen LogP contribution in [0.2, 0.25) is 0 Å². The van der Waals surface area contributed by atoms with Crippen LogP contribution in [-0.2, 0) is 0 Å². The lowest BCUT2D eigenvalue weighted by Crippen LogP contribution is -2.16. The van der Waals surface area contributed by atoms with Gasteiger partial charge < -0.3 is 13.9 Å². The predicted molar refractivity (Wildman–Crippen MR) is 129 cm³/mol. The van der Waals surface area contributed by atoms with Crippen LogP contribution in [0.3, 0.4) is 0 Å². The molecule has 6 nitrogen and oxygen atoms in total. The van der Waals surface area contributed by atoms with Crippen LogP contribution in [0.4, 0.5) is 5.69 Å². The number of carbonyl (C=O) groups excluding carboxylic acids is 1. The van der Waals surface area contributed by atoms with Gasteiger partial charge in [-0.25, -0.2) is 5.43 Å². The molecule has 2 heterocycles. The molecule has 1 amide bonds. The summed E-state index contributed by atoms with van der Waals surface area (Å²) in [6.07, 6.45) is 1.66. The molecule has 0 atom stereocenters. The van der Waals surface area contributed by atoms with E-state index in [4.69, 9.17) is 4.42 Å². The van der Waals surface area contributed by atoms with Gasteiger partial charge in [-0.2, -0.15) is 5.10 Å². The van der Waals surface area contributed by atoms with Crippen molar-refractivity contribution in [1.29, 1.82) is 0 Å². The summed E-state index contributed by atoms with van der Waals surface area (Å²) in [4.78, 5) is 14.5. The summed E-state index contributed by atoms with van der Waals surface area (Å²) in [7, 11) is 4.04. The maximum absolute atomic E-state index is 12.4. The molecule has 7 heteroatoms. The molecule has 0 radical (unpaired) electrons. The summed E-state index contributed by atoms with van der Waals surface area (Å²) >= 11 is 3.42. The molecule has 0 aliphatic carbocycles. The molecule has 1 N–H and O–H groups in total. The van der Waals surface area contributed by atoms with Crippen LogP contribution in [0.25, 0.3) is 16.7 Å². The van der Waals surface area contributed by atoms with Gasteiger partial charge in [0.05, 0.1) is 6.21 Å². The number of nitrogens with zero attached hydrogens (tertiary/aromatic N) is 3. The number of aromatic nitrogens is 1. The minimum Gasteiger partial charge on any atom is -0.451 e. The molecule has 0 aliphatic heterocycles. The molecule has 0 spiro atoms. The molecule has 2 aromatic carbocycles. The Labute approximate surface area is 189 Å². The van der Waals surface area contributed by atoms with E-state index in [-0.39, 0.29) is 5.76 Å². The van der Waals surface area contributed by atoms with Crippen molar-refractivity contribution in [2.75, 3.05) is 19.0 Å². The van der Waals surface area contributed by atoms with E-state index in [1.165, 1.54) is 0 Å². The number of benzene rings is 2. The zero-order valence-corrected chi connectivity index (χ0v) is 19.4. The number of hydrogen-bond acceptors (Lipinski definition) is 4. The Kier molecular flexibility index (Phi) is 5.69. The molecule has 0 fully saturated rings. The summed E-state index contributed by atoms with van der Waals surface area (Å²) in [5.74, 6) is -0.173. The van der Waals surface area contributed by atoms with E-state index in [0.29, 0.717) is 5.58 Å². The third kappa shape index (κ3) is 4.27. The first-order chi connectivity index (χ1) is 14.8. The molecular formula is C24H23BrN4O2. The van der Waals surface area contributed by atoms with E-state index in [1.807, 2.05) is 45.3 Å². The Morgan fingerprint density at radius 1 is 1.10 bits per heavy atom. The number of aryl methyl sites for hydroxylation is 1. The molecular weight excluding hydrogens is 456 g/mol. The average molecular weight is 479 g/mol. The van der Waals surface area contributed by atoms with Crippen molar-refractivity contribution in [3.8, 4) is 5.69 Å². The molecule has 0 unspecified atom stereocenters. The van der Waals surface area contributed by atoms with Crippen LogP contribution in [-0.4, -0.2) is 30.8 Å². The third-order valence-electron chi connectivity index (χ3n) is 5.17. The van der Waals surface area contributed by atoms with Gasteiger partial charge in [0.15, 0.2) is 5.76 Å². The van der Waals surface area contributed by atoms with Crippen LogP contribution in [0.15, 0.2) is 68.6 Å². The largest absolute Gasteiger partial charge is 0.451 e. The van der Waals surface area contributed by atoms with Gasteiger partial charge in [-0.05, 0) is 68.4 Å². The Morgan fingerprint density at radius 3 is 2.55 bits per heavy atom. The SMILES string of the molecule is Cc1cc(/C=N\NC(=O)c2cc3cc(Br)ccc3o2)c(C)n1-c1ccc(N(C)C)cc1. The molecule has 4 aromatic rings. The number of carbonyl (C=O) groups is 1. The van der Waals surface area contributed by atoms with E-state index in [0.717, 1.165) is 38.2 Å². The van der Waals surface area contributed by atoms with Crippen LogP contribution < -0.4 is 10.3 Å². The Balaban J connectivity index is 1.51. The standard InChI is InChI=1S/C24H23BrN4O2/c1-15-11-18(16(2)29(15)21-8-6-20(7-9-21)28(3)4)14-26-27-24(30)23-13-17-12-19(25)5-10-22(17)31-23/h5-14H,1-4H3,(H,27,30)/b26-14-. The molecule has 0 saturated carbocycles. The number of anilines is 1. The van der Waals surface area contributed by atoms with Crippen molar-refractivity contribution in [2.45, 2.75) is 13.8 Å². The molecule has 0 bridgehead atoms. The first kappa shape index (κ1) is 20.9. The van der Waals surface area contributed by atoms with Crippen molar-refractivity contribution in [3.05, 3.63) is 81.8 Å². The summed E-state index contributed by atoms with van der Waals surface area (Å²) in [5.41, 5.74) is 8.50. The van der Waals surface area contributed by atoms with E-state index < -0.39 is 5.91 Å². The fraction of sp³-hybridized carbons (Fsp3) is 0.167. The van der Waals surface area contributed by atoms with Gasteiger partial charge in [0.2, 0.25) is 0 Å². The summed E-state index contributed by atoms with van der Waals surface area (Å²) in [5, 5.41) is 4.99. The number of rotatable bonds is 5. The Hall–Kier alpha value is -3.32. The molecule has 158 valence electrons.